The maximum absolute atomic E-state index is 12.0. The summed E-state index contributed by atoms with van der Waals surface area (Å²) < 4.78 is 0. The predicted molar refractivity (Wildman–Crippen MR) is 74.0 cm³/mol. The molecule has 6 nitrogen and oxygen atoms in total. The number of rotatable bonds is 3. The Balaban J connectivity index is 1.77. The van der Waals surface area contributed by atoms with Gasteiger partial charge in [0.1, 0.15) is 0 Å². The summed E-state index contributed by atoms with van der Waals surface area (Å²) in [4.78, 5) is 18.8. The van der Waals surface area contributed by atoms with Crippen LogP contribution < -0.4 is 5.32 Å². The standard InChI is InChI=1S/C14H11N5O/c20-13(11-4-2-1-3-5-11)17-14-16-12(18-19-14)10-6-8-15-9-7-10/h1-9H,(H2,16,17,18,19,20). The lowest BCUT2D eigenvalue weighted by Crippen LogP contribution is -2.12. The Hall–Kier alpha value is -3.02. The topological polar surface area (TPSA) is 83.6 Å². The van der Waals surface area contributed by atoms with Crippen LogP contribution in [0.1, 0.15) is 10.4 Å². The molecule has 0 aliphatic carbocycles. The number of nitrogens with zero attached hydrogens (tertiary/aromatic N) is 3. The summed E-state index contributed by atoms with van der Waals surface area (Å²) in [5.41, 5.74) is 1.42. The molecule has 0 aliphatic heterocycles. The number of aromatic amines is 1. The molecule has 6 heteroatoms. The van der Waals surface area contributed by atoms with Gasteiger partial charge < -0.3 is 4.98 Å². The first-order chi connectivity index (χ1) is 9.83. The van der Waals surface area contributed by atoms with Gasteiger partial charge in [-0.2, -0.15) is 0 Å². The van der Waals surface area contributed by atoms with E-state index in [9.17, 15) is 4.79 Å². The molecule has 20 heavy (non-hydrogen) atoms. The first-order valence-electron chi connectivity index (χ1n) is 6.02. The van der Waals surface area contributed by atoms with E-state index >= 15 is 0 Å². The predicted octanol–water partition coefficient (Wildman–Crippen LogP) is 2.12. The van der Waals surface area contributed by atoms with Crippen LogP contribution in [0.15, 0.2) is 54.9 Å². The summed E-state index contributed by atoms with van der Waals surface area (Å²) in [5, 5.41) is 10.5. The van der Waals surface area contributed by atoms with Crippen molar-refractivity contribution in [3.8, 4) is 11.4 Å². The summed E-state index contributed by atoms with van der Waals surface area (Å²) in [7, 11) is 0. The van der Waals surface area contributed by atoms with Crippen molar-refractivity contribution in [1.82, 2.24) is 20.2 Å². The number of benzene rings is 1. The molecule has 0 spiro atoms. The Morgan fingerprint density at radius 3 is 2.50 bits per heavy atom. The van der Waals surface area contributed by atoms with Gasteiger partial charge in [-0.3, -0.25) is 15.1 Å². The number of anilines is 1. The summed E-state index contributed by atoms with van der Waals surface area (Å²) >= 11 is 0. The highest BCUT2D eigenvalue weighted by molar-refractivity contribution is 6.03. The van der Waals surface area contributed by atoms with E-state index in [0.29, 0.717) is 17.3 Å². The third-order valence-corrected chi connectivity index (χ3v) is 2.71. The quantitative estimate of drug-likeness (QED) is 0.759. The van der Waals surface area contributed by atoms with Crippen LogP contribution in [-0.2, 0) is 0 Å². The van der Waals surface area contributed by atoms with Crippen molar-refractivity contribution in [1.29, 1.82) is 0 Å². The average molecular weight is 265 g/mol. The lowest BCUT2D eigenvalue weighted by atomic mass is 10.2. The highest BCUT2D eigenvalue weighted by Crippen LogP contribution is 2.14. The number of nitrogens with one attached hydrogen (secondary N) is 2. The molecule has 1 aromatic carbocycles. The molecule has 3 aromatic rings. The second-order valence-electron chi connectivity index (χ2n) is 4.08. The molecule has 0 radical (unpaired) electrons. The molecule has 0 atom stereocenters. The fraction of sp³-hybridized carbons (Fsp3) is 0. The Labute approximate surface area is 114 Å². The van der Waals surface area contributed by atoms with Gasteiger partial charge in [0.2, 0.25) is 5.95 Å². The van der Waals surface area contributed by atoms with Crippen LogP contribution >= 0.6 is 0 Å². The van der Waals surface area contributed by atoms with Gasteiger partial charge >= 0.3 is 0 Å². The molecule has 0 saturated heterocycles. The molecule has 2 N–H and O–H groups in total. The molecule has 98 valence electrons. The molecule has 0 saturated carbocycles. The lowest BCUT2D eigenvalue weighted by molar-refractivity contribution is 0.102. The van der Waals surface area contributed by atoms with Crippen LogP contribution in [0.25, 0.3) is 11.4 Å². The Morgan fingerprint density at radius 1 is 1.00 bits per heavy atom. The molecule has 3 rings (SSSR count). The number of H-pyrrole nitrogens is 1. The van der Waals surface area contributed by atoms with Gasteiger partial charge in [-0.15, -0.1) is 10.2 Å². The second kappa shape index (κ2) is 5.31. The zero-order valence-corrected chi connectivity index (χ0v) is 10.4. The van der Waals surface area contributed by atoms with E-state index in [1.807, 2.05) is 18.2 Å². The zero-order valence-electron chi connectivity index (χ0n) is 10.4. The van der Waals surface area contributed by atoms with Crippen LogP contribution in [-0.4, -0.2) is 26.1 Å². The number of carbonyl (C=O) groups excluding carboxylic acids is 1. The average Bonchev–Trinajstić information content (AvgIpc) is 2.97. The largest absolute Gasteiger partial charge is 0.307 e. The maximum Gasteiger partial charge on any atom is 0.258 e. The summed E-state index contributed by atoms with van der Waals surface area (Å²) in [6.45, 7) is 0. The van der Waals surface area contributed by atoms with Crippen molar-refractivity contribution < 1.29 is 4.79 Å². The number of amides is 1. The zero-order chi connectivity index (χ0) is 13.8. The molecular weight excluding hydrogens is 254 g/mol. The number of pyridine rings is 1. The first kappa shape index (κ1) is 12.0. The first-order valence-corrected chi connectivity index (χ1v) is 6.02. The fourth-order valence-corrected chi connectivity index (χ4v) is 1.73. The Morgan fingerprint density at radius 2 is 1.75 bits per heavy atom. The molecule has 2 heterocycles. The number of aromatic nitrogens is 4. The maximum atomic E-state index is 12.0. The number of hydrogen-bond donors (Lipinski definition) is 2. The molecule has 0 unspecified atom stereocenters. The minimum absolute atomic E-state index is 0.233. The normalized spacial score (nSPS) is 10.2. The molecular formula is C14H11N5O. The van der Waals surface area contributed by atoms with Crippen molar-refractivity contribution in [2.24, 2.45) is 0 Å². The second-order valence-corrected chi connectivity index (χ2v) is 4.08. The fourth-order valence-electron chi connectivity index (χ4n) is 1.73. The molecule has 0 fully saturated rings. The van der Waals surface area contributed by atoms with Crippen molar-refractivity contribution in [3.63, 3.8) is 0 Å². The minimum Gasteiger partial charge on any atom is -0.307 e. The van der Waals surface area contributed by atoms with Crippen molar-refractivity contribution in [2.45, 2.75) is 0 Å². The van der Waals surface area contributed by atoms with E-state index in [-0.39, 0.29) is 5.91 Å². The van der Waals surface area contributed by atoms with Gasteiger partial charge in [-0.25, -0.2) is 0 Å². The van der Waals surface area contributed by atoms with E-state index in [0.717, 1.165) is 5.56 Å². The summed E-state index contributed by atoms with van der Waals surface area (Å²) in [6.07, 6.45) is 3.33. The van der Waals surface area contributed by atoms with Crippen LogP contribution in [0.2, 0.25) is 0 Å². The van der Waals surface area contributed by atoms with Crippen LogP contribution in [0.4, 0.5) is 5.95 Å². The third-order valence-electron chi connectivity index (χ3n) is 2.71. The Bertz CT molecular complexity index is 709. The van der Waals surface area contributed by atoms with E-state index in [2.05, 4.69) is 25.5 Å². The minimum atomic E-state index is -0.233. The van der Waals surface area contributed by atoms with Gasteiger partial charge in [0.15, 0.2) is 5.82 Å². The smallest absolute Gasteiger partial charge is 0.258 e. The van der Waals surface area contributed by atoms with Crippen LogP contribution in [0.3, 0.4) is 0 Å². The van der Waals surface area contributed by atoms with E-state index < -0.39 is 0 Å². The summed E-state index contributed by atoms with van der Waals surface area (Å²) in [5.74, 6) is 0.657. The number of hydrogen-bond acceptors (Lipinski definition) is 4. The van der Waals surface area contributed by atoms with Crippen LogP contribution in [0.5, 0.6) is 0 Å². The molecule has 1 amide bonds. The third kappa shape index (κ3) is 2.54. The Kier molecular flexibility index (Phi) is 3.20. The van der Waals surface area contributed by atoms with Gasteiger partial charge in [0.25, 0.3) is 5.91 Å². The number of carbonyl (C=O) groups is 1. The van der Waals surface area contributed by atoms with Gasteiger partial charge in [-0.1, -0.05) is 18.2 Å². The molecule has 2 aromatic heterocycles. The van der Waals surface area contributed by atoms with Gasteiger partial charge in [0, 0.05) is 23.5 Å². The lowest BCUT2D eigenvalue weighted by Gasteiger charge is -2.00. The van der Waals surface area contributed by atoms with Crippen molar-refractivity contribution in [3.05, 3.63) is 60.4 Å². The molecule has 0 bridgehead atoms. The van der Waals surface area contributed by atoms with Crippen molar-refractivity contribution >= 4 is 11.9 Å². The summed E-state index contributed by atoms with van der Waals surface area (Å²) in [6, 6.07) is 12.5. The van der Waals surface area contributed by atoms with Crippen LogP contribution in [0, 0.1) is 0 Å². The monoisotopic (exact) mass is 265 g/mol. The molecule has 0 aliphatic rings. The van der Waals surface area contributed by atoms with Gasteiger partial charge in [0.05, 0.1) is 0 Å². The van der Waals surface area contributed by atoms with E-state index in [1.165, 1.54) is 0 Å². The van der Waals surface area contributed by atoms with Gasteiger partial charge in [-0.05, 0) is 24.3 Å². The SMILES string of the molecule is O=C(Nc1nnc(-c2ccncc2)[nH]1)c1ccccc1. The van der Waals surface area contributed by atoms with Crippen molar-refractivity contribution in [2.75, 3.05) is 5.32 Å². The van der Waals surface area contributed by atoms with E-state index in [1.54, 1.807) is 36.7 Å². The highest BCUT2D eigenvalue weighted by atomic mass is 16.1. The highest BCUT2D eigenvalue weighted by Gasteiger charge is 2.09. The van der Waals surface area contributed by atoms with E-state index in [4.69, 9.17) is 0 Å².